The molecule has 0 radical (unpaired) electrons. The third-order valence-corrected chi connectivity index (χ3v) is 3.31. The molecule has 76 valence electrons. The predicted octanol–water partition coefficient (Wildman–Crippen LogP) is 1.33. The lowest BCUT2D eigenvalue weighted by Crippen LogP contribution is -2.53. The second kappa shape index (κ2) is 4.09. The van der Waals surface area contributed by atoms with Crippen LogP contribution in [0.2, 0.25) is 0 Å². The number of methoxy groups -OCH3 is 1. The Kier molecular flexibility index (Phi) is 3.31. The molecule has 1 saturated carbocycles. The molecule has 0 aromatic rings. The van der Waals surface area contributed by atoms with Crippen molar-refractivity contribution in [3.8, 4) is 0 Å². The number of nitrogens with one attached hydrogen (secondary N) is 1. The number of ether oxygens (including phenoxy) is 1. The Labute approximate surface area is 79.8 Å². The molecule has 0 spiro atoms. The summed E-state index contributed by atoms with van der Waals surface area (Å²) in [6.07, 6.45) is 4.20. The topological polar surface area (TPSA) is 38.3 Å². The highest BCUT2D eigenvalue weighted by molar-refractivity contribution is 5.81. The molecule has 1 aliphatic rings. The first-order valence-electron chi connectivity index (χ1n) is 4.98. The van der Waals surface area contributed by atoms with Crippen molar-refractivity contribution in [2.75, 3.05) is 14.2 Å². The van der Waals surface area contributed by atoms with Crippen LogP contribution in [-0.4, -0.2) is 25.7 Å². The number of likely N-dealkylation sites (N-methyl/N-ethyl adjacent to an activating group) is 1. The minimum atomic E-state index is -0.399. The SMILES string of the molecule is CCC1CCCC1(NC)C(=O)OC. The smallest absolute Gasteiger partial charge is 0.326 e. The van der Waals surface area contributed by atoms with Crippen LogP contribution < -0.4 is 5.32 Å². The molecule has 2 atom stereocenters. The van der Waals surface area contributed by atoms with Crippen LogP contribution in [0.4, 0.5) is 0 Å². The summed E-state index contributed by atoms with van der Waals surface area (Å²) in [6.45, 7) is 2.13. The minimum absolute atomic E-state index is 0.0978. The van der Waals surface area contributed by atoms with Crippen LogP contribution in [0.25, 0.3) is 0 Å². The second-order valence-electron chi connectivity index (χ2n) is 3.71. The molecule has 0 heterocycles. The number of hydrogen-bond donors (Lipinski definition) is 1. The van der Waals surface area contributed by atoms with Gasteiger partial charge in [0.1, 0.15) is 5.54 Å². The Balaban J connectivity index is 2.83. The highest BCUT2D eigenvalue weighted by Gasteiger charge is 2.47. The maximum Gasteiger partial charge on any atom is 0.326 e. The van der Waals surface area contributed by atoms with E-state index in [2.05, 4.69) is 12.2 Å². The molecule has 0 bridgehead atoms. The summed E-state index contributed by atoms with van der Waals surface area (Å²) in [5, 5.41) is 3.15. The van der Waals surface area contributed by atoms with Crippen molar-refractivity contribution in [2.24, 2.45) is 5.92 Å². The van der Waals surface area contributed by atoms with Crippen LogP contribution in [0, 0.1) is 5.92 Å². The van der Waals surface area contributed by atoms with E-state index in [9.17, 15) is 4.79 Å². The average Bonchev–Trinajstić information content (AvgIpc) is 2.60. The predicted molar refractivity (Wildman–Crippen MR) is 51.4 cm³/mol. The molecule has 0 amide bonds. The molecule has 13 heavy (non-hydrogen) atoms. The zero-order chi connectivity index (χ0) is 9.90. The van der Waals surface area contributed by atoms with Gasteiger partial charge in [-0.25, -0.2) is 0 Å². The van der Waals surface area contributed by atoms with Crippen molar-refractivity contribution in [3.05, 3.63) is 0 Å². The molecule has 0 aromatic carbocycles. The van der Waals surface area contributed by atoms with Crippen LogP contribution in [0.3, 0.4) is 0 Å². The molecule has 1 aliphatic carbocycles. The van der Waals surface area contributed by atoms with E-state index in [0.29, 0.717) is 5.92 Å². The van der Waals surface area contributed by atoms with Gasteiger partial charge in [-0.05, 0) is 25.8 Å². The lowest BCUT2D eigenvalue weighted by molar-refractivity contribution is -0.150. The molecular formula is C10H19NO2. The van der Waals surface area contributed by atoms with Crippen LogP contribution in [0.15, 0.2) is 0 Å². The van der Waals surface area contributed by atoms with Crippen LogP contribution >= 0.6 is 0 Å². The zero-order valence-corrected chi connectivity index (χ0v) is 8.72. The van der Waals surface area contributed by atoms with E-state index in [0.717, 1.165) is 25.7 Å². The van der Waals surface area contributed by atoms with E-state index in [4.69, 9.17) is 4.74 Å². The summed E-state index contributed by atoms with van der Waals surface area (Å²) in [5.41, 5.74) is -0.399. The lowest BCUT2D eigenvalue weighted by atomic mass is 9.85. The molecule has 3 heteroatoms. The second-order valence-corrected chi connectivity index (χ2v) is 3.71. The van der Waals surface area contributed by atoms with E-state index < -0.39 is 5.54 Å². The summed E-state index contributed by atoms with van der Waals surface area (Å²) in [4.78, 5) is 11.7. The van der Waals surface area contributed by atoms with Gasteiger partial charge in [-0.15, -0.1) is 0 Å². The van der Waals surface area contributed by atoms with Gasteiger partial charge in [0.25, 0.3) is 0 Å². The Morgan fingerprint density at radius 1 is 1.69 bits per heavy atom. The van der Waals surface area contributed by atoms with Crippen LogP contribution in [0.5, 0.6) is 0 Å². The van der Waals surface area contributed by atoms with Gasteiger partial charge < -0.3 is 10.1 Å². The average molecular weight is 185 g/mol. The third kappa shape index (κ3) is 1.57. The van der Waals surface area contributed by atoms with Gasteiger partial charge in [-0.1, -0.05) is 19.8 Å². The molecule has 1 fully saturated rings. The fourth-order valence-electron chi connectivity index (χ4n) is 2.51. The maximum absolute atomic E-state index is 11.7. The Bertz CT molecular complexity index is 193. The third-order valence-electron chi connectivity index (χ3n) is 3.31. The number of carbonyl (C=O) groups is 1. The van der Waals surface area contributed by atoms with Gasteiger partial charge in [0.2, 0.25) is 0 Å². The number of hydrogen-bond acceptors (Lipinski definition) is 3. The minimum Gasteiger partial charge on any atom is -0.468 e. The normalized spacial score (nSPS) is 33.3. The van der Waals surface area contributed by atoms with E-state index >= 15 is 0 Å². The fraction of sp³-hybridized carbons (Fsp3) is 0.900. The van der Waals surface area contributed by atoms with E-state index in [1.165, 1.54) is 7.11 Å². The van der Waals surface area contributed by atoms with Gasteiger partial charge in [0.05, 0.1) is 7.11 Å². The molecular weight excluding hydrogens is 166 g/mol. The van der Waals surface area contributed by atoms with Gasteiger partial charge >= 0.3 is 5.97 Å². The van der Waals surface area contributed by atoms with Crippen molar-refractivity contribution >= 4 is 5.97 Å². The summed E-state index contributed by atoms with van der Waals surface area (Å²) in [5.74, 6) is 0.337. The number of rotatable bonds is 3. The highest BCUT2D eigenvalue weighted by atomic mass is 16.5. The van der Waals surface area contributed by atoms with Crippen LogP contribution in [-0.2, 0) is 9.53 Å². The molecule has 3 nitrogen and oxygen atoms in total. The quantitative estimate of drug-likeness (QED) is 0.674. The molecule has 0 aromatic heterocycles. The largest absolute Gasteiger partial charge is 0.468 e. The van der Waals surface area contributed by atoms with Crippen molar-refractivity contribution < 1.29 is 9.53 Å². The van der Waals surface area contributed by atoms with Crippen molar-refractivity contribution in [3.63, 3.8) is 0 Å². The molecule has 1 N–H and O–H groups in total. The molecule has 0 aliphatic heterocycles. The fourth-order valence-corrected chi connectivity index (χ4v) is 2.51. The maximum atomic E-state index is 11.7. The van der Waals surface area contributed by atoms with Crippen molar-refractivity contribution in [1.82, 2.24) is 5.32 Å². The molecule has 2 unspecified atom stereocenters. The van der Waals surface area contributed by atoms with Gasteiger partial charge in [0, 0.05) is 0 Å². The molecule has 0 saturated heterocycles. The van der Waals surface area contributed by atoms with Gasteiger partial charge in [-0.2, -0.15) is 0 Å². The lowest BCUT2D eigenvalue weighted by Gasteiger charge is -2.31. The van der Waals surface area contributed by atoms with Gasteiger partial charge in [0.15, 0.2) is 0 Å². The van der Waals surface area contributed by atoms with Gasteiger partial charge in [-0.3, -0.25) is 4.79 Å². The zero-order valence-electron chi connectivity index (χ0n) is 8.72. The first-order chi connectivity index (χ1) is 6.21. The number of carbonyl (C=O) groups excluding carboxylic acids is 1. The Morgan fingerprint density at radius 3 is 2.85 bits per heavy atom. The van der Waals surface area contributed by atoms with E-state index in [1.807, 2.05) is 7.05 Å². The van der Waals surface area contributed by atoms with E-state index in [-0.39, 0.29) is 5.97 Å². The summed E-state index contributed by atoms with van der Waals surface area (Å²) in [7, 11) is 3.32. The molecule has 1 rings (SSSR count). The Hall–Kier alpha value is -0.570. The summed E-state index contributed by atoms with van der Waals surface area (Å²) in [6, 6.07) is 0. The monoisotopic (exact) mass is 185 g/mol. The standard InChI is InChI=1S/C10H19NO2/c1-4-8-6-5-7-10(8,11-2)9(12)13-3/h8,11H,4-7H2,1-3H3. The summed E-state index contributed by atoms with van der Waals surface area (Å²) >= 11 is 0. The first-order valence-corrected chi connectivity index (χ1v) is 4.98. The van der Waals surface area contributed by atoms with E-state index in [1.54, 1.807) is 0 Å². The Morgan fingerprint density at radius 2 is 2.38 bits per heavy atom. The highest BCUT2D eigenvalue weighted by Crippen LogP contribution is 2.38. The first kappa shape index (κ1) is 10.5. The summed E-state index contributed by atoms with van der Waals surface area (Å²) < 4.78 is 4.86. The van der Waals surface area contributed by atoms with Crippen molar-refractivity contribution in [2.45, 2.75) is 38.1 Å². The number of esters is 1. The van der Waals surface area contributed by atoms with Crippen molar-refractivity contribution in [1.29, 1.82) is 0 Å². The van der Waals surface area contributed by atoms with Crippen LogP contribution in [0.1, 0.15) is 32.6 Å².